The van der Waals surface area contributed by atoms with Crippen molar-refractivity contribution in [1.29, 1.82) is 0 Å². The summed E-state index contributed by atoms with van der Waals surface area (Å²) in [5, 5.41) is 14.1. The van der Waals surface area contributed by atoms with Gasteiger partial charge >= 0.3 is 5.97 Å². The predicted molar refractivity (Wildman–Crippen MR) is 85.9 cm³/mol. The summed E-state index contributed by atoms with van der Waals surface area (Å²) in [6, 6.07) is 6.44. The van der Waals surface area contributed by atoms with Crippen molar-refractivity contribution in [2.24, 2.45) is 17.8 Å². The van der Waals surface area contributed by atoms with Crippen LogP contribution in [0.1, 0.15) is 30.6 Å². The summed E-state index contributed by atoms with van der Waals surface area (Å²) in [6.07, 6.45) is 2.20. The maximum absolute atomic E-state index is 12.7. The first-order chi connectivity index (χ1) is 11.3. The minimum absolute atomic E-state index is 0.217. The molecule has 24 heavy (non-hydrogen) atoms. The number of para-hydroxylation sites is 1. The molecule has 0 aromatic heterocycles. The number of carboxylic acid groups (broad SMARTS) is 1. The Labute approximate surface area is 140 Å². The fourth-order valence-corrected chi connectivity index (χ4v) is 3.20. The molecule has 2 rings (SSSR count). The highest BCUT2D eigenvalue weighted by Gasteiger charge is 2.36. The molecule has 0 fully saturated rings. The SMILES string of the molecule is COC(=O)c1ccccc1NC(=O)[C@H]1CC(C)=C[C@H](C)[C@@H]1C(=O)[O-]. The lowest BCUT2D eigenvalue weighted by atomic mass is 9.73. The number of benzene rings is 1. The minimum Gasteiger partial charge on any atom is -0.550 e. The van der Waals surface area contributed by atoms with Crippen molar-refractivity contribution >= 4 is 23.5 Å². The van der Waals surface area contributed by atoms with Crippen LogP contribution < -0.4 is 10.4 Å². The number of hydrogen-bond donors (Lipinski definition) is 1. The molecule has 3 atom stereocenters. The molecule has 1 N–H and O–H groups in total. The lowest BCUT2D eigenvalue weighted by molar-refractivity contribution is -0.314. The van der Waals surface area contributed by atoms with Gasteiger partial charge in [0, 0.05) is 11.9 Å². The van der Waals surface area contributed by atoms with Gasteiger partial charge in [0.05, 0.1) is 24.3 Å². The zero-order valence-electron chi connectivity index (χ0n) is 13.9. The number of aliphatic carboxylic acids is 1. The number of amides is 1. The number of hydrogen-bond acceptors (Lipinski definition) is 5. The van der Waals surface area contributed by atoms with Crippen molar-refractivity contribution < 1.29 is 24.2 Å². The fraction of sp³-hybridized carbons (Fsp3) is 0.389. The molecule has 0 spiro atoms. The van der Waals surface area contributed by atoms with Gasteiger partial charge in [0.25, 0.3) is 0 Å². The topological polar surface area (TPSA) is 95.5 Å². The van der Waals surface area contributed by atoms with Crippen LogP contribution in [-0.2, 0) is 14.3 Å². The van der Waals surface area contributed by atoms with E-state index in [-0.39, 0.29) is 11.5 Å². The third kappa shape index (κ3) is 3.64. The number of rotatable bonds is 4. The smallest absolute Gasteiger partial charge is 0.339 e. The largest absolute Gasteiger partial charge is 0.550 e. The molecule has 1 aromatic carbocycles. The number of nitrogens with one attached hydrogen (secondary N) is 1. The number of ether oxygens (including phenoxy) is 1. The van der Waals surface area contributed by atoms with Gasteiger partial charge in [-0.1, -0.05) is 30.7 Å². The number of methoxy groups -OCH3 is 1. The Morgan fingerprint density at radius 3 is 2.54 bits per heavy atom. The van der Waals surface area contributed by atoms with Crippen LogP contribution in [0, 0.1) is 17.8 Å². The molecule has 1 amide bonds. The summed E-state index contributed by atoms with van der Waals surface area (Å²) >= 11 is 0. The van der Waals surface area contributed by atoms with Gasteiger partial charge in [-0.25, -0.2) is 4.79 Å². The second-order valence-electron chi connectivity index (χ2n) is 6.05. The Kier molecular flexibility index (Phi) is 5.39. The van der Waals surface area contributed by atoms with E-state index < -0.39 is 29.7 Å². The molecular weight excluding hydrogens is 310 g/mol. The van der Waals surface area contributed by atoms with Crippen LogP contribution in [0.15, 0.2) is 35.9 Å². The zero-order valence-corrected chi connectivity index (χ0v) is 13.9. The van der Waals surface area contributed by atoms with Crippen molar-refractivity contribution in [3.63, 3.8) is 0 Å². The van der Waals surface area contributed by atoms with Gasteiger partial charge < -0.3 is 20.0 Å². The first-order valence-electron chi connectivity index (χ1n) is 7.71. The van der Waals surface area contributed by atoms with Crippen LogP contribution in [0.3, 0.4) is 0 Å². The highest BCUT2D eigenvalue weighted by molar-refractivity contribution is 6.02. The van der Waals surface area contributed by atoms with Gasteiger partial charge in [-0.3, -0.25) is 4.79 Å². The summed E-state index contributed by atoms with van der Waals surface area (Å²) in [7, 11) is 1.25. The van der Waals surface area contributed by atoms with Crippen LogP contribution in [0.2, 0.25) is 0 Å². The average Bonchev–Trinajstić information content (AvgIpc) is 2.53. The summed E-state index contributed by atoms with van der Waals surface area (Å²) in [5.41, 5.74) is 1.47. The fourth-order valence-electron chi connectivity index (χ4n) is 3.20. The van der Waals surface area contributed by atoms with E-state index in [0.29, 0.717) is 12.1 Å². The van der Waals surface area contributed by atoms with Gasteiger partial charge in [-0.2, -0.15) is 0 Å². The Hall–Kier alpha value is -2.63. The molecular formula is C18H20NO5-. The molecule has 0 heterocycles. The van der Waals surface area contributed by atoms with Crippen molar-refractivity contribution in [3.05, 3.63) is 41.5 Å². The molecule has 6 heteroatoms. The van der Waals surface area contributed by atoms with Crippen LogP contribution in [0.25, 0.3) is 0 Å². The van der Waals surface area contributed by atoms with E-state index in [1.165, 1.54) is 13.2 Å². The van der Waals surface area contributed by atoms with Crippen molar-refractivity contribution in [2.75, 3.05) is 12.4 Å². The lowest BCUT2D eigenvalue weighted by Crippen LogP contribution is -2.45. The molecule has 0 saturated heterocycles. The Bertz CT molecular complexity index is 694. The van der Waals surface area contributed by atoms with E-state index in [4.69, 9.17) is 4.74 Å². The number of allylic oxidation sites excluding steroid dienone is 2. The van der Waals surface area contributed by atoms with Crippen LogP contribution in [0.5, 0.6) is 0 Å². The molecule has 1 aromatic rings. The average molecular weight is 330 g/mol. The van der Waals surface area contributed by atoms with Crippen LogP contribution >= 0.6 is 0 Å². The van der Waals surface area contributed by atoms with Gasteiger partial charge in [0.2, 0.25) is 5.91 Å². The highest BCUT2D eigenvalue weighted by atomic mass is 16.5. The molecule has 0 bridgehead atoms. The van der Waals surface area contributed by atoms with Crippen LogP contribution in [0.4, 0.5) is 5.69 Å². The third-order valence-corrected chi connectivity index (χ3v) is 4.29. The first kappa shape index (κ1) is 17.7. The van der Waals surface area contributed by atoms with Gasteiger partial charge in [-0.15, -0.1) is 0 Å². The Morgan fingerprint density at radius 1 is 1.25 bits per heavy atom. The zero-order chi connectivity index (χ0) is 17.9. The van der Waals surface area contributed by atoms with Crippen LogP contribution in [-0.4, -0.2) is 25.0 Å². The molecule has 1 aliphatic rings. The maximum atomic E-state index is 12.7. The van der Waals surface area contributed by atoms with Gasteiger partial charge in [0.1, 0.15) is 0 Å². The normalized spacial score (nSPS) is 23.1. The minimum atomic E-state index is -1.24. The second kappa shape index (κ2) is 7.29. The second-order valence-corrected chi connectivity index (χ2v) is 6.05. The first-order valence-corrected chi connectivity index (χ1v) is 7.71. The molecule has 0 saturated carbocycles. The molecule has 128 valence electrons. The van der Waals surface area contributed by atoms with Crippen molar-refractivity contribution in [3.8, 4) is 0 Å². The van der Waals surface area contributed by atoms with E-state index in [1.807, 2.05) is 13.0 Å². The van der Waals surface area contributed by atoms with Crippen molar-refractivity contribution in [2.45, 2.75) is 20.3 Å². The number of anilines is 1. The molecule has 6 nitrogen and oxygen atoms in total. The molecule has 0 unspecified atom stereocenters. The molecule has 0 aliphatic heterocycles. The third-order valence-electron chi connectivity index (χ3n) is 4.29. The van der Waals surface area contributed by atoms with E-state index >= 15 is 0 Å². The van der Waals surface area contributed by atoms with E-state index in [9.17, 15) is 19.5 Å². The quantitative estimate of drug-likeness (QED) is 0.665. The monoisotopic (exact) mass is 330 g/mol. The standard InChI is InChI=1S/C18H21NO5/c1-10-8-11(2)15(17(21)22)13(9-10)16(20)19-14-7-5-4-6-12(14)18(23)24-3/h4-8,11,13,15H,9H2,1-3H3,(H,19,20)(H,21,22)/p-1/t11-,13-,15-/m0/s1. The van der Waals surface area contributed by atoms with Crippen molar-refractivity contribution in [1.82, 2.24) is 0 Å². The molecule has 0 radical (unpaired) electrons. The van der Waals surface area contributed by atoms with E-state index in [0.717, 1.165) is 5.57 Å². The Balaban J connectivity index is 2.28. The highest BCUT2D eigenvalue weighted by Crippen LogP contribution is 2.34. The molecule has 1 aliphatic carbocycles. The summed E-state index contributed by atoms with van der Waals surface area (Å²) in [5.74, 6) is -4.21. The lowest BCUT2D eigenvalue weighted by Gasteiger charge is -2.35. The number of carboxylic acids is 1. The Morgan fingerprint density at radius 2 is 1.92 bits per heavy atom. The number of carbonyl (C=O) groups is 3. The maximum Gasteiger partial charge on any atom is 0.339 e. The van der Waals surface area contributed by atoms with E-state index in [2.05, 4.69) is 5.32 Å². The summed E-state index contributed by atoms with van der Waals surface area (Å²) < 4.78 is 4.69. The summed E-state index contributed by atoms with van der Waals surface area (Å²) in [4.78, 5) is 35.9. The summed E-state index contributed by atoms with van der Waals surface area (Å²) in [6.45, 7) is 3.62. The van der Waals surface area contributed by atoms with Gasteiger partial charge in [-0.05, 0) is 31.4 Å². The van der Waals surface area contributed by atoms with Gasteiger partial charge in [0.15, 0.2) is 0 Å². The van der Waals surface area contributed by atoms with E-state index in [1.54, 1.807) is 25.1 Å². The number of esters is 1. The predicted octanol–water partition coefficient (Wildman–Crippen LogP) is 1.38. The number of carbonyl (C=O) groups excluding carboxylic acids is 3.